The van der Waals surface area contributed by atoms with Crippen molar-refractivity contribution >= 4 is 23.2 Å². The zero-order valence-electron chi connectivity index (χ0n) is 15.6. The Balaban J connectivity index is 1.74. The first-order chi connectivity index (χ1) is 14.0. The summed E-state index contributed by atoms with van der Waals surface area (Å²) in [4.78, 5) is 29.0. The summed E-state index contributed by atoms with van der Waals surface area (Å²) < 4.78 is 6.58. The molecule has 0 bridgehead atoms. The van der Waals surface area contributed by atoms with Crippen LogP contribution in [0, 0.1) is 11.3 Å². The van der Waals surface area contributed by atoms with Crippen LogP contribution in [0.15, 0.2) is 59.7 Å². The van der Waals surface area contributed by atoms with Crippen molar-refractivity contribution in [2.75, 3.05) is 11.9 Å². The standard InChI is InChI=1S/C21H17ClN4O3/c1-2-29-17-7-4-14(5-8-17)18-10-21(28)26(13-24-18)12-20(27)25-19-9-16(22)6-3-15(19)11-23/h3-10,13H,2,12H2,1H3,(H,25,27). The number of benzene rings is 2. The van der Waals surface area contributed by atoms with Gasteiger partial charge in [-0.1, -0.05) is 11.6 Å². The Labute approximate surface area is 172 Å². The third-order valence-corrected chi connectivity index (χ3v) is 4.27. The Bertz CT molecular complexity index is 1130. The molecule has 0 aliphatic rings. The molecule has 7 nitrogen and oxygen atoms in total. The fourth-order valence-electron chi connectivity index (χ4n) is 2.65. The van der Waals surface area contributed by atoms with Gasteiger partial charge in [0.15, 0.2) is 0 Å². The number of nitrogens with zero attached hydrogens (tertiary/aromatic N) is 3. The van der Waals surface area contributed by atoms with Crippen molar-refractivity contribution in [3.8, 4) is 23.1 Å². The minimum absolute atomic E-state index is 0.243. The summed E-state index contributed by atoms with van der Waals surface area (Å²) in [7, 11) is 0. The summed E-state index contributed by atoms with van der Waals surface area (Å²) in [6.45, 7) is 2.23. The molecule has 0 aliphatic heterocycles. The monoisotopic (exact) mass is 408 g/mol. The Morgan fingerprint density at radius 3 is 2.66 bits per heavy atom. The van der Waals surface area contributed by atoms with Gasteiger partial charge in [0.1, 0.15) is 18.4 Å². The summed E-state index contributed by atoms with van der Waals surface area (Å²) in [5.41, 5.74) is 1.46. The Morgan fingerprint density at radius 1 is 1.24 bits per heavy atom. The molecule has 0 saturated carbocycles. The summed E-state index contributed by atoms with van der Waals surface area (Å²) in [5, 5.41) is 12.1. The van der Waals surface area contributed by atoms with Gasteiger partial charge < -0.3 is 10.1 Å². The lowest BCUT2D eigenvalue weighted by Crippen LogP contribution is -2.27. The van der Waals surface area contributed by atoms with E-state index >= 15 is 0 Å². The lowest BCUT2D eigenvalue weighted by molar-refractivity contribution is -0.116. The molecule has 0 spiro atoms. The number of anilines is 1. The van der Waals surface area contributed by atoms with Gasteiger partial charge in [-0.25, -0.2) is 4.98 Å². The number of hydrogen-bond donors (Lipinski definition) is 1. The van der Waals surface area contributed by atoms with Crippen LogP contribution in [-0.2, 0) is 11.3 Å². The van der Waals surface area contributed by atoms with E-state index < -0.39 is 5.91 Å². The van der Waals surface area contributed by atoms with Gasteiger partial charge >= 0.3 is 0 Å². The predicted octanol–water partition coefficient (Wildman–Crippen LogP) is 3.47. The molecule has 1 aromatic heterocycles. The maximum atomic E-state index is 12.4. The van der Waals surface area contributed by atoms with Crippen LogP contribution in [0.3, 0.4) is 0 Å². The number of rotatable bonds is 6. The van der Waals surface area contributed by atoms with Gasteiger partial charge in [-0.15, -0.1) is 0 Å². The van der Waals surface area contributed by atoms with E-state index in [4.69, 9.17) is 21.6 Å². The lowest BCUT2D eigenvalue weighted by atomic mass is 10.1. The van der Waals surface area contributed by atoms with Crippen LogP contribution >= 0.6 is 11.6 Å². The highest BCUT2D eigenvalue weighted by Crippen LogP contribution is 2.21. The van der Waals surface area contributed by atoms with Crippen molar-refractivity contribution in [3.05, 3.63) is 75.8 Å². The van der Waals surface area contributed by atoms with Crippen LogP contribution in [0.4, 0.5) is 5.69 Å². The lowest BCUT2D eigenvalue weighted by Gasteiger charge is -2.10. The third kappa shape index (κ3) is 5.00. The summed E-state index contributed by atoms with van der Waals surface area (Å²) in [5.74, 6) is 0.264. The van der Waals surface area contributed by atoms with E-state index in [9.17, 15) is 9.59 Å². The second-order valence-corrected chi connectivity index (χ2v) is 6.48. The van der Waals surface area contributed by atoms with E-state index in [0.29, 0.717) is 17.3 Å². The predicted molar refractivity (Wildman–Crippen MR) is 110 cm³/mol. The first-order valence-corrected chi connectivity index (χ1v) is 9.17. The smallest absolute Gasteiger partial charge is 0.254 e. The van der Waals surface area contributed by atoms with E-state index in [1.165, 1.54) is 29.1 Å². The van der Waals surface area contributed by atoms with Gasteiger partial charge in [0.2, 0.25) is 5.91 Å². The van der Waals surface area contributed by atoms with Crippen LogP contribution in [0.1, 0.15) is 12.5 Å². The molecule has 2 aromatic carbocycles. The largest absolute Gasteiger partial charge is 0.494 e. The number of nitriles is 1. The number of hydrogen-bond acceptors (Lipinski definition) is 5. The zero-order chi connectivity index (χ0) is 20.8. The van der Waals surface area contributed by atoms with E-state index in [2.05, 4.69) is 10.3 Å². The maximum Gasteiger partial charge on any atom is 0.254 e. The molecule has 3 aromatic rings. The minimum atomic E-state index is -0.471. The molecule has 29 heavy (non-hydrogen) atoms. The van der Waals surface area contributed by atoms with Gasteiger partial charge in [0.05, 0.1) is 29.9 Å². The molecule has 1 amide bonds. The van der Waals surface area contributed by atoms with E-state index in [0.717, 1.165) is 11.3 Å². The van der Waals surface area contributed by atoms with Crippen LogP contribution in [0.2, 0.25) is 5.02 Å². The molecule has 0 saturated heterocycles. The molecule has 0 unspecified atom stereocenters. The number of carbonyl (C=O) groups is 1. The highest BCUT2D eigenvalue weighted by Gasteiger charge is 2.10. The topological polar surface area (TPSA) is 97.0 Å². The SMILES string of the molecule is CCOc1ccc(-c2cc(=O)n(CC(=O)Nc3cc(Cl)ccc3C#N)cn2)cc1. The number of halogens is 1. The Morgan fingerprint density at radius 2 is 2.00 bits per heavy atom. The summed E-state index contributed by atoms with van der Waals surface area (Å²) in [6, 6.07) is 15.1. The fraction of sp³-hybridized carbons (Fsp3) is 0.143. The van der Waals surface area contributed by atoms with Crippen molar-refractivity contribution in [2.45, 2.75) is 13.5 Å². The van der Waals surface area contributed by atoms with E-state index in [-0.39, 0.29) is 23.4 Å². The second kappa shape index (κ2) is 9.04. The molecule has 146 valence electrons. The molecule has 0 fully saturated rings. The summed E-state index contributed by atoms with van der Waals surface area (Å²) >= 11 is 5.91. The van der Waals surface area contributed by atoms with Gasteiger partial charge in [-0.2, -0.15) is 5.26 Å². The van der Waals surface area contributed by atoms with Gasteiger partial charge in [-0.05, 0) is 49.4 Å². The molecule has 0 atom stereocenters. The zero-order valence-corrected chi connectivity index (χ0v) is 16.3. The highest BCUT2D eigenvalue weighted by molar-refractivity contribution is 6.31. The molecule has 8 heteroatoms. The molecule has 3 rings (SSSR count). The van der Waals surface area contributed by atoms with Crippen molar-refractivity contribution in [1.29, 1.82) is 5.26 Å². The molecule has 1 heterocycles. The van der Waals surface area contributed by atoms with Crippen LogP contribution < -0.4 is 15.6 Å². The first-order valence-electron chi connectivity index (χ1n) is 8.79. The number of nitrogens with one attached hydrogen (secondary N) is 1. The van der Waals surface area contributed by atoms with Crippen molar-refractivity contribution in [1.82, 2.24) is 9.55 Å². The normalized spacial score (nSPS) is 10.2. The molecular weight excluding hydrogens is 392 g/mol. The quantitative estimate of drug-likeness (QED) is 0.673. The summed E-state index contributed by atoms with van der Waals surface area (Å²) in [6.07, 6.45) is 1.32. The van der Waals surface area contributed by atoms with Crippen LogP contribution in [-0.4, -0.2) is 22.1 Å². The van der Waals surface area contributed by atoms with Crippen LogP contribution in [0.5, 0.6) is 5.75 Å². The Kier molecular flexibility index (Phi) is 6.27. The van der Waals surface area contributed by atoms with E-state index in [1.54, 1.807) is 18.2 Å². The average molecular weight is 409 g/mol. The van der Waals surface area contributed by atoms with Crippen molar-refractivity contribution in [3.63, 3.8) is 0 Å². The number of ether oxygens (including phenoxy) is 1. The number of amides is 1. The minimum Gasteiger partial charge on any atom is -0.494 e. The van der Waals surface area contributed by atoms with Crippen molar-refractivity contribution < 1.29 is 9.53 Å². The maximum absolute atomic E-state index is 12.4. The van der Waals surface area contributed by atoms with Crippen LogP contribution in [0.25, 0.3) is 11.3 Å². The average Bonchev–Trinajstić information content (AvgIpc) is 2.70. The Hall–Kier alpha value is -3.63. The number of carbonyl (C=O) groups excluding carboxylic acids is 1. The fourth-order valence-corrected chi connectivity index (χ4v) is 2.83. The molecule has 0 aliphatic carbocycles. The highest BCUT2D eigenvalue weighted by atomic mass is 35.5. The molecule has 1 N–H and O–H groups in total. The third-order valence-electron chi connectivity index (χ3n) is 4.03. The second-order valence-electron chi connectivity index (χ2n) is 6.05. The van der Waals surface area contributed by atoms with Crippen molar-refractivity contribution in [2.24, 2.45) is 0 Å². The molecular formula is C21H17ClN4O3. The van der Waals surface area contributed by atoms with E-state index in [1.807, 2.05) is 25.1 Å². The van der Waals surface area contributed by atoms with Gasteiger partial charge in [0.25, 0.3) is 5.56 Å². The van der Waals surface area contributed by atoms with Gasteiger partial charge in [-0.3, -0.25) is 14.2 Å². The first kappa shape index (κ1) is 20.1. The molecule has 0 radical (unpaired) electrons. The number of aromatic nitrogens is 2. The van der Waals surface area contributed by atoms with Gasteiger partial charge in [0, 0.05) is 16.7 Å².